The minimum absolute atomic E-state index is 0.128. The standard InChI is InChI=1S/C13H17N3/c1-3-11(16-14)13-8-9(2)10-6-4-5-7-12(10)15-13/h4-8,11,16H,3,14H2,1-2H3. The second kappa shape index (κ2) is 4.60. The summed E-state index contributed by atoms with van der Waals surface area (Å²) in [5.74, 6) is 5.52. The van der Waals surface area contributed by atoms with Gasteiger partial charge in [-0.15, -0.1) is 0 Å². The molecule has 1 atom stereocenters. The van der Waals surface area contributed by atoms with Crippen molar-refractivity contribution in [3.05, 3.63) is 41.6 Å². The van der Waals surface area contributed by atoms with Crippen molar-refractivity contribution in [3.63, 3.8) is 0 Å². The third-order valence-electron chi connectivity index (χ3n) is 2.91. The van der Waals surface area contributed by atoms with E-state index in [-0.39, 0.29) is 6.04 Å². The summed E-state index contributed by atoms with van der Waals surface area (Å²) in [6, 6.07) is 10.4. The van der Waals surface area contributed by atoms with E-state index < -0.39 is 0 Å². The van der Waals surface area contributed by atoms with Crippen LogP contribution in [0.3, 0.4) is 0 Å². The van der Waals surface area contributed by atoms with Gasteiger partial charge in [0.05, 0.1) is 17.3 Å². The van der Waals surface area contributed by atoms with Crippen molar-refractivity contribution in [2.24, 2.45) is 5.84 Å². The Labute approximate surface area is 95.7 Å². The number of para-hydroxylation sites is 1. The van der Waals surface area contributed by atoms with Crippen LogP contribution in [0.2, 0.25) is 0 Å². The Balaban J connectivity index is 2.57. The summed E-state index contributed by atoms with van der Waals surface area (Å²) >= 11 is 0. The summed E-state index contributed by atoms with van der Waals surface area (Å²) in [6.45, 7) is 4.20. The fourth-order valence-electron chi connectivity index (χ4n) is 1.97. The smallest absolute Gasteiger partial charge is 0.0708 e. The number of hydrogen-bond donors (Lipinski definition) is 2. The van der Waals surface area contributed by atoms with Gasteiger partial charge in [-0.2, -0.15) is 0 Å². The minimum atomic E-state index is 0.128. The molecule has 0 aliphatic heterocycles. The molecule has 84 valence electrons. The predicted molar refractivity (Wildman–Crippen MR) is 66.8 cm³/mol. The van der Waals surface area contributed by atoms with Crippen molar-refractivity contribution in [3.8, 4) is 0 Å². The lowest BCUT2D eigenvalue weighted by Gasteiger charge is -2.14. The quantitative estimate of drug-likeness (QED) is 0.611. The maximum absolute atomic E-state index is 5.52. The maximum Gasteiger partial charge on any atom is 0.0708 e. The highest BCUT2D eigenvalue weighted by Gasteiger charge is 2.10. The van der Waals surface area contributed by atoms with Crippen molar-refractivity contribution in [2.45, 2.75) is 26.3 Å². The summed E-state index contributed by atoms with van der Waals surface area (Å²) in [4.78, 5) is 4.64. The number of nitrogens with one attached hydrogen (secondary N) is 1. The van der Waals surface area contributed by atoms with E-state index in [2.05, 4.69) is 36.4 Å². The molecule has 3 N–H and O–H groups in total. The zero-order chi connectivity index (χ0) is 11.5. The van der Waals surface area contributed by atoms with Gasteiger partial charge < -0.3 is 0 Å². The summed E-state index contributed by atoms with van der Waals surface area (Å²) in [5, 5.41) is 1.21. The van der Waals surface area contributed by atoms with Crippen LogP contribution in [0.25, 0.3) is 10.9 Å². The van der Waals surface area contributed by atoms with Crippen molar-refractivity contribution in [1.82, 2.24) is 10.4 Å². The van der Waals surface area contributed by atoms with Crippen molar-refractivity contribution in [2.75, 3.05) is 0 Å². The van der Waals surface area contributed by atoms with E-state index >= 15 is 0 Å². The third-order valence-corrected chi connectivity index (χ3v) is 2.91. The minimum Gasteiger partial charge on any atom is -0.271 e. The molecule has 0 radical (unpaired) electrons. The van der Waals surface area contributed by atoms with E-state index in [0.29, 0.717) is 0 Å². The van der Waals surface area contributed by atoms with Crippen LogP contribution in [0.5, 0.6) is 0 Å². The largest absolute Gasteiger partial charge is 0.271 e. The van der Waals surface area contributed by atoms with Gasteiger partial charge in [-0.05, 0) is 31.0 Å². The molecule has 3 heteroatoms. The van der Waals surface area contributed by atoms with Gasteiger partial charge in [0, 0.05) is 5.39 Å². The van der Waals surface area contributed by atoms with Crippen LogP contribution in [0.1, 0.15) is 30.6 Å². The lowest BCUT2D eigenvalue weighted by Crippen LogP contribution is -2.28. The highest BCUT2D eigenvalue weighted by Crippen LogP contribution is 2.21. The maximum atomic E-state index is 5.52. The van der Waals surface area contributed by atoms with Gasteiger partial charge in [0.25, 0.3) is 0 Å². The van der Waals surface area contributed by atoms with Crippen LogP contribution in [-0.4, -0.2) is 4.98 Å². The van der Waals surface area contributed by atoms with Crippen LogP contribution in [0.4, 0.5) is 0 Å². The molecule has 0 aliphatic rings. The molecule has 0 bridgehead atoms. The highest BCUT2D eigenvalue weighted by atomic mass is 15.2. The van der Waals surface area contributed by atoms with Gasteiger partial charge in [0.1, 0.15) is 0 Å². The van der Waals surface area contributed by atoms with Crippen LogP contribution in [0, 0.1) is 6.92 Å². The van der Waals surface area contributed by atoms with Gasteiger partial charge in [-0.3, -0.25) is 16.3 Å². The molecule has 1 aromatic heterocycles. The average Bonchev–Trinajstić information content (AvgIpc) is 2.31. The van der Waals surface area contributed by atoms with Gasteiger partial charge in [-0.1, -0.05) is 25.1 Å². The Bertz CT molecular complexity index is 490. The summed E-state index contributed by atoms with van der Waals surface area (Å²) < 4.78 is 0. The second-order valence-corrected chi connectivity index (χ2v) is 4.01. The molecule has 0 saturated heterocycles. The fraction of sp³-hybridized carbons (Fsp3) is 0.308. The summed E-state index contributed by atoms with van der Waals surface area (Å²) in [7, 11) is 0. The Morgan fingerprint density at radius 3 is 2.81 bits per heavy atom. The fourth-order valence-corrected chi connectivity index (χ4v) is 1.97. The SMILES string of the molecule is CCC(NN)c1cc(C)c2ccccc2n1. The van der Waals surface area contributed by atoms with E-state index in [9.17, 15) is 0 Å². The average molecular weight is 215 g/mol. The molecule has 0 amide bonds. The number of aromatic nitrogens is 1. The van der Waals surface area contributed by atoms with E-state index in [4.69, 9.17) is 5.84 Å². The molecule has 0 spiro atoms. The Morgan fingerprint density at radius 2 is 2.12 bits per heavy atom. The van der Waals surface area contributed by atoms with Crippen LogP contribution in [-0.2, 0) is 0 Å². The first-order valence-electron chi connectivity index (χ1n) is 5.58. The number of pyridine rings is 1. The van der Waals surface area contributed by atoms with E-state index in [1.807, 2.05) is 18.2 Å². The summed E-state index contributed by atoms with van der Waals surface area (Å²) in [6.07, 6.45) is 0.932. The first-order chi connectivity index (χ1) is 7.76. The van der Waals surface area contributed by atoms with E-state index in [1.165, 1.54) is 10.9 Å². The number of nitrogens with zero attached hydrogens (tertiary/aromatic N) is 1. The Morgan fingerprint density at radius 1 is 1.38 bits per heavy atom. The first-order valence-corrected chi connectivity index (χ1v) is 5.58. The number of aryl methyl sites for hydroxylation is 1. The Hall–Kier alpha value is -1.45. The van der Waals surface area contributed by atoms with Crippen LogP contribution >= 0.6 is 0 Å². The lowest BCUT2D eigenvalue weighted by atomic mass is 10.0. The zero-order valence-electron chi connectivity index (χ0n) is 9.70. The summed E-state index contributed by atoms with van der Waals surface area (Å²) in [5.41, 5.74) is 6.09. The molecule has 1 aromatic carbocycles. The van der Waals surface area contributed by atoms with E-state index in [0.717, 1.165) is 17.6 Å². The number of nitrogens with two attached hydrogens (primary N) is 1. The van der Waals surface area contributed by atoms with Gasteiger partial charge in [0.15, 0.2) is 0 Å². The Kier molecular flexibility index (Phi) is 3.17. The highest BCUT2D eigenvalue weighted by molar-refractivity contribution is 5.82. The molecule has 2 aromatic rings. The number of hydrogen-bond acceptors (Lipinski definition) is 3. The van der Waals surface area contributed by atoms with Crippen LogP contribution < -0.4 is 11.3 Å². The van der Waals surface area contributed by atoms with Crippen molar-refractivity contribution >= 4 is 10.9 Å². The third kappa shape index (κ3) is 1.92. The molecule has 3 nitrogen and oxygen atoms in total. The zero-order valence-corrected chi connectivity index (χ0v) is 9.70. The molecular weight excluding hydrogens is 198 g/mol. The van der Waals surface area contributed by atoms with Gasteiger partial charge in [-0.25, -0.2) is 0 Å². The molecule has 0 aliphatic carbocycles. The second-order valence-electron chi connectivity index (χ2n) is 4.01. The van der Waals surface area contributed by atoms with Gasteiger partial charge in [0.2, 0.25) is 0 Å². The monoisotopic (exact) mass is 215 g/mol. The molecule has 0 saturated carbocycles. The molecule has 2 rings (SSSR count). The normalized spacial score (nSPS) is 12.9. The lowest BCUT2D eigenvalue weighted by molar-refractivity contribution is 0.527. The van der Waals surface area contributed by atoms with Crippen LogP contribution in [0.15, 0.2) is 30.3 Å². The topological polar surface area (TPSA) is 50.9 Å². The van der Waals surface area contributed by atoms with Crippen molar-refractivity contribution < 1.29 is 0 Å². The first kappa shape index (κ1) is 11.0. The molecule has 16 heavy (non-hydrogen) atoms. The van der Waals surface area contributed by atoms with E-state index in [1.54, 1.807) is 0 Å². The molecular formula is C13H17N3. The molecule has 1 unspecified atom stereocenters. The van der Waals surface area contributed by atoms with Crippen molar-refractivity contribution in [1.29, 1.82) is 0 Å². The number of fused-ring (bicyclic) bond motifs is 1. The number of hydrazine groups is 1. The molecule has 0 fully saturated rings. The number of rotatable bonds is 3. The molecule has 1 heterocycles. The number of benzene rings is 1. The predicted octanol–water partition coefficient (Wildman–Crippen LogP) is 2.46. The van der Waals surface area contributed by atoms with Gasteiger partial charge >= 0.3 is 0 Å².